The molecular weight excluding hydrogens is 451 g/mol. The lowest BCUT2D eigenvalue weighted by Crippen LogP contribution is -2.29. The van der Waals surface area contributed by atoms with Gasteiger partial charge in [-0.15, -0.1) is 0 Å². The zero-order valence-electron chi connectivity index (χ0n) is 17.6. The Labute approximate surface area is 191 Å². The average molecular weight is 469 g/mol. The molecule has 0 radical (unpaired) electrons. The maximum absolute atomic E-state index is 13.3. The van der Waals surface area contributed by atoms with Crippen molar-refractivity contribution in [2.45, 2.75) is 25.1 Å². The van der Waals surface area contributed by atoms with E-state index in [1.54, 1.807) is 18.2 Å². The number of hydrogen-bond donors (Lipinski definition) is 1. The molecule has 1 fully saturated rings. The van der Waals surface area contributed by atoms with Gasteiger partial charge in [-0.2, -0.15) is 13.2 Å². The summed E-state index contributed by atoms with van der Waals surface area (Å²) in [7, 11) is 0. The number of hydrogen-bond acceptors (Lipinski definition) is 5. The maximum Gasteiger partial charge on any atom is 0.416 e. The van der Waals surface area contributed by atoms with E-state index < -0.39 is 35.2 Å². The number of benzene rings is 2. The number of amides is 1. The Kier molecular flexibility index (Phi) is 5.19. The maximum atomic E-state index is 13.3. The monoisotopic (exact) mass is 469 g/mol. The van der Waals surface area contributed by atoms with Crippen LogP contribution in [0.3, 0.4) is 0 Å². The number of nitrogens with zero attached hydrogens (tertiary/aromatic N) is 1. The molecule has 34 heavy (non-hydrogen) atoms. The van der Waals surface area contributed by atoms with Crippen molar-refractivity contribution in [3.8, 4) is 5.75 Å². The first-order valence-corrected chi connectivity index (χ1v) is 10.5. The summed E-state index contributed by atoms with van der Waals surface area (Å²) in [6.07, 6.45) is -1.81. The second-order valence-electron chi connectivity index (χ2n) is 8.01. The van der Waals surface area contributed by atoms with E-state index >= 15 is 0 Å². The Morgan fingerprint density at radius 3 is 2.62 bits per heavy atom. The molecule has 1 amide bonds. The van der Waals surface area contributed by atoms with E-state index in [9.17, 15) is 27.9 Å². The first-order valence-electron chi connectivity index (χ1n) is 10.5. The number of ketones is 1. The topological polar surface area (TPSA) is 80.0 Å². The van der Waals surface area contributed by atoms with Gasteiger partial charge in [0.25, 0.3) is 11.7 Å². The number of furan rings is 1. The van der Waals surface area contributed by atoms with Crippen LogP contribution in [0.1, 0.15) is 34.9 Å². The van der Waals surface area contributed by atoms with Gasteiger partial charge in [-0.1, -0.05) is 6.07 Å². The largest absolute Gasteiger partial charge is 0.507 e. The lowest BCUT2D eigenvalue weighted by atomic mass is 9.96. The van der Waals surface area contributed by atoms with Gasteiger partial charge in [-0.25, -0.2) is 0 Å². The van der Waals surface area contributed by atoms with E-state index in [1.165, 1.54) is 24.5 Å². The van der Waals surface area contributed by atoms with Gasteiger partial charge in [-0.05, 0) is 66.9 Å². The van der Waals surface area contributed by atoms with Crippen LogP contribution in [0.5, 0.6) is 5.75 Å². The molecule has 9 heteroatoms. The van der Waals surface area contributed by atoms with Crippen molar-refractivity contribution < 1.29 is 37.0 Å². The van der Waals surface area contributed by atoms with Gasteiger partial charge in [-0.3, -0.25) is 14.5 Å². The van der Waals surface area contributed by atoms with Gasteiger partial charge in [0.15, 0.2) is 0 Å². The fourth-order valence-corrected chi connectivity index (χ4v) is 4.31. The molecule has 3 aromatic rings. The Morgan fingerprint density at radius 2 is 1.88 bits per heavy atom. The first-order chi connectivity index (χ1) is 16.3. The Balaban J connectivity index is 1.66. The summed E-state index contributed by atoms with van der Waals surface area (Å²) in [5, 5.41) is 11.1. The minimum atomic E-state index is -4.64. The number of halogens is 3. The fourth-order valence-electron chi connectivity index (χ4n) is 4.31. The van der Waals surface area contributed by atoms with Gasteiger partial charge >= 0.3 is 6.18 Å². The molecule has 2 aromatic carbocycles. The lowest BCUT2D eigenvalue weighted by molar-refractivity contribution is -0.137. The molecule has 1 aromatic heterocycles. The van der Waals surface area contributed by atoms with E-state index in [4.69, 9.17) is 9.15 Å². The smallest absolute Gasteiger partial charge is 0.416 e. The van der Waals surface area contributed by atoms with Crippen molar-refractivity contribution in [3.05, 3.63) is 88.9 Å². The summed E-state index contributed by atoms with van der Waals surface area (Å²) in [4.78, 5) is 27.0. The molecule has 2 aliphatic rings. The molecule has 0 bridgehead atoms. The highest BCUT2D eigenvalue weighted by Crippen LogP contribution is 2.44. The summed E-state index contributed by atoms with van der Waals surface area (Å²) in [6, 6.07) is 10.8. The molecule has 1 unspecified atom stereocenters. The van der Waals surface area contributed by atoms with Crippen LogP contribution in [-0.4, -0.2) is 23.4 Å². The number of aliphatic hydroxyl groups excluding tert-OH is 1. The van der Waals surface area contributed by atoms with Crippen molar-refractivity contribution in [2.24, 2.45) is 0 Å². The molecule has 0 aliphatic carbocycles. The number of fused-ring (bicyclic) bond motifs is 1. The number of aryl methyl sites for hydroxylation is 1. The lowest BCUT2D eigenvalue weighted by Gasteiger charge is -2.24. The number of rotatable bonds is 3. The number of carbonyl (C=O) groups excluding carboxylic acids is 2. The Hall–Kier alpha value is -4.01. The summed E-state index contributed by atoms with van der Waals surface area (Å²) in [5.74, 6) is -1.73. The average Bonchev–Trinajstić information content (AvgIpc) is 3.45. The van der Waals surface area contributed by atoms with Crippen LogP contribution in [0.2, 0.25) is 0 Å². The van der Waals surface area contributed by atoms with Gasteiger partial charge in [0.1, 0.15) is 23.3 Å². The molecule has 1 atom stereocenters. The molecule has 6 nitrogen and oxygen atoms in total. The summed E-state index contributed by atoms with van der Waals surface area (Å²) in [5.41, 5.74) is -0.246. The highest BCUT2D eigenvalue weighted by molar-refractivity contribution is 6.51. The van der Waals surface area contributed by atoms with Crippen LogP contribution in [0, 0.1) is 0 Å². The molecule has 5 rings (SSSR count). The molecule has 0 saturated carbocycles. The van der Waals surface area contributed by atoms with E-state index in [1.807, 2.05) is 0 Å². The van der Waals surface area contributed by atoms with Crippen LogP contribution < -0.4 is 9.64 Å². The third-order valence-electron chi connectivity index (χ3n) is 5.89. The third kappa shape index (κ3) is 3.63. The van der Waals surface area contributed by atoms with Gasteiger partial charge in [0.2, 0.25) is 0 Å². The SMILES string of the molecule is O=C1C(=O)N(c2cccc(C(F)(F)F)c2)C(c2ccco2)/C1=C(/O)c1ccc2c(c1)CCCO2. The van der Waals surface area contributed by atoms with Gasteiger partial charge in [0, 0.05) is 11.3 Å². The zero-order chi connectivity index (χ0) is 24.0. The molecule has 0 spiro atoms. The van der Waals surface area contributed by atoms with E-state index in [2.05, 4.69) is 0 Å². The summed E-state index contributed by atoms with van der Waals surface area (Å²) < 4.78 is 51.0. The van der Waals surface area contributed by atoms with Crippen molar-refractivity contribution in [1.29, 1.82) is 0 Å². The number of alkyl halides is 3. The second-order valence-corrected chi connectivity index (χ2v) is 8.01. The van der Waals surface area contributed by atoms with Crippen LogP contribution in [0.4, 0.5) is 18.9 Å². The van der Waals surface area contributed by atoms with Crippen LogP contribution in [0.15, 0.2) is 70.9 Å². The van der Waals surface area contributed by atoms with Crippen LogP contribution in [0.25, 0.3) is 5.76 Å². The van der Waals surface area contributed by atoms with Crippen molar-refractivity contribution in [2.75, 3.05) is 11.5 Å². The Bertz CT molecular complexity index is 1310. The predicted molar refractivity (Wildman–Crippen MR) is 115 cm³/mol. The van der Waals surface area contributed by atoms with Crippen molar-refractivity contribution in [3.63, 3.8) is 0 Å². The molecule has 1 saturated heterocycles. The normalized spacial score (nSPS) is 19.7. The standard InChI is InChI=1S/C25H18F3NO5/c26-25(27,28)16-5-1-6-17(13-16)29-21(19-7-3-11-34-19)20(23(31)24(29)32)22(30)15-8-9-18-14(12-15)4-2-10-33-18/h1,3,5-9,11-13,21,30H,2,4,10H2/b22-20-. The molecule has 2 aliphatic heterocycles. The highest BCUT2D eigenvalue weighted by Gasteiger charge is 2.48. The number of Topliss-reactive ketones (excluding diaryl/α,β-unsaturated/α-hetero) is 1. The number of anilines is 1. The fraction of sp³-hybridized carbons (Fsp3) is 0.200. The summed E-state index contributed by atoms with van der Waals surface area (Å²) >= 11 is 0. The molecule has 174 valence electrons. The first kappa shape index (κ1) is 21.8. The highest BCUT2D eigenvalue weighted by atomic mass is 19.4. The minimum Gasteiger partial charge on any atom is -0.507 e. The Morgan fingerprint density at radius 1 is 1.06 bits per heavy atom. The van der Waals surface area contributed by atoms with Crippen molar-refractivity contribution in [1.82, 2.24) is 0 Å². The van der Waals surface area contributed by atoms with Crippen LogP contribution >= 0.6 is 0 Å². The third-order valence-corrected chi connectivity index (χ3v) is 5.89. The van der Waals surface area contributed by atoms with Gasteiger partial charge < -0.3 is 14.3 Å². The second kappa shape index (κ2) is 8.09. The summed E-state index contributed by atoms with van der Waals surface area (Å²) in [6.45, 7) is 0.582. The number of aliphatic hydroxyl groups is 1. The van der Waals surface area contributed by atoms with E-state index in [-0.39, 0.29) is 17.0 Å². The molecular formula is C25H18F3NO5. The molecule has 1 N–H and O–H groups in total. The van der Waals surface area contributed by atoms with Crippen LogP contribution in [-0.2, 0) is 22.2 Å². The number of carbonyl (C=O) groups is 2. The van der Waals surface area contributed by atoms with Crippen molar-refractivity contribution >= 4 is 23.1 Å². The quantitative estimate of drug-likeness (QED) is 0.322. The van der Waals surface area contributed by atoms with Gasteiger partial charge in [0.05, 0.1) is 24.0 Å². The van der Waals surface area contributed by atoms with E-state index in [0.717, 1.165) is 41.5 Å². The number of ether oxygens (including phenoxy) is 1. The van der Waals surface area contributed by atoms with E-state index in [0.29, 0.717) is 17.9 Å². The molecule has 3 heterocycles. The predicted octanol–water partition coefficient (Wildman–Crippen LogP) is 5.25. The minimum absolute atomic E-state index is 0.124. The zero-order valence-corrected chi connectivity index (χ0v) is 17.6.